The molecule has 2 nitrogen and oxygen atoms in total. The number of hydrogen-bond donors (Lipinski definition) is 0. The Balaban J connectivity index is 2.24. The van der Waals surface area contributed by atoms with Gasteiger partial charge in [0.1, 0.15) is 16.7 Å². The van der Waals surface area contributed by atoms with Crippen molar-refractivity contribution in [2.75, 3.05) is 0 Å². The second-order valence-electron chi connectivity index (χ2n) is 2.61. The highest BCUT2D eigenvalue weighted by atomic mass is 79.9. The first-order valence-corrected chi connectivity index (χ1v) is 5.94. The molecule has 1 aromatic heterocycles. The van der Waals surface area contributed by atoms with Gasteiger partial charge in [0.05, 0.1) is 4.47 Å². The zero-order valence-corrected chi connectivity index (χ0v) is 10.4. The van der Waals surface area contributed by atoms with Gasteiger partial charge in [0.15, 0.2) is 0 Å². The number of thiazole rings is 1. The molecule has 0 spiro atoms. The number of hydrogen-bond acceptors (Lipinski definition) is 3. The summed E-state index contributed by atoms with van der Waals surface area (Å²) >= 11 is 10.1. The van der Waals surface area contributed by atoms with Crippen LogP contribution in [0.5, 0.6) is 10.9 Å². The van der Waals surface area contributed by atoms with Crippen molar-refractivity contribution in [3.8, 4) is 10.9 Å². The lowest BCUT2D eigenvalue weighted by Crippen LogP contribution is -1.85. The Hall–Kier alpha value is -0.650. The maximum Gasteiger partial charge on any atom is 0.280 e. The van der Waals surface area contributed by atoms with E-state index in [0.717, 1.165) is 0 Å². The molecule has 0 bridgehead atoms. The van der Waals surface area contributed by atoms with Gasteiger partial charge in [-0.15, -0.1) is 0 Å². The standard InChI is InChI=1S/C9H4BrClFNOS/c10-6-3-5(12)1-2-7(6)14-9-13-8(11)4-15-9/h1-4H. The van der Waals surface area contributed by atoms with E-state index >= 15 is 0 Å². The number of nitrogens with zero attached hydrogens (tertiary/aromatic N) is 1. The average molecular weight is 309 g/mol. The van der Waals surface area contributed by atoms with Crippen LogP contribution in [0.4, 0.5) is 4.39 Å². The summed E-state index contributed by atoms with van der Waals surface area (Å²) in [6.07, 6.45) is 0. The van der Waals surface area contributed by atoms with Gasteiger partial charge in [-0.1, -0.05) is 22.9 Å². The van der Waals surface area contributed by atoms with Crippen LogP contribution in [-0.4, -0.2) is 4.98 Å². The van der Waals surface area contributed by atoms with Crippen molar-refractivity contribution >= 4 is 38.9 Å². The van der Waals surface area contributed by atoms with Crippen molar-refractivity contribution in [1.29, 1.82) is 0 Å². The van der Waals surface area contributed by atoms with Crippen LogP contribution in [0.15, 0.2) is 28.1 Å². The van der Waals surface area contributed by atoms with E-state index in [4.69, 9.17) is 16.3 Å². The van der Waals surface area contributed by atoms with Crippen LogP contribution >= 0.6 is 38.9 Å². The molecule has 0 saturated heterocycles. The van der Waals surface area contributed by atoms with Gasteiger partial charge in [0.25, 0.3) is 5.19 Å². The molecule has 78 valence electrons. The van der Waals surface area contributed by atoms with E-state index in [9.17, 15) is 4.39 Å². The molecule has 0 aliphatic carbocycles. The fraction of sp³-hybridized carbons (Fsp3) is 0. The van der Waals surface area contributed by atoms with E-state index in [1.54, 1.807) is 5.38 Å². The minimum atomic E-state index is -0.327. The Morgan fingerprint density at radius 1 is 1.47 bits per heavy atom. The van der Waals surface area contributed by atoms with Gasteiger partial charge in [-0.2, -0.15) is 4.98 Å². The molecular weight excluding hydrogens is 305 g/mol. The van der Waals surface area contributed by atoms with E-state index in [1.165, 1.54) is 29.5 Å². The summed E-state index contributed by atoms with van der Waals surface area (Å²) in [5, 5.41) is 2.47. The van der Waals surface area contributed by atoms with E-state index in [0.29, 0.717) is 20.6 Å². The first-order chi connectivity index (χ1) is 7.15. The lowest BCUT2D eigenvalue weighted by molar-refractivity contribution is 0.473. The van der Waals surface area contributed by atoms with E-state index < -0.39 is 0 Å². The average Bonchev–Trinajstić information content (AvgIpc) is 2.56. The molecule has 0 atom stereocenters. The molecular formula is C9H4BrClFNOS. The Morgan fingerprint density at radius 3 is 2.87 bits per heavy atom. The van der Waals surface area contributed by atoms with Gasteiger partial charge in [0, 0.05) is 5.38 Å². The van der Waals surface area contributed by atoms with Crippen LogP contribution in [0.1, 0.15) is 0 Å². The third-order valence-electron chi connectivity index (χ3n) is 1.55. The lowest BCUT2D eigenvalue weighted by Gasteiger charge is -2.03. The summed E-state index contributed by atoms with van der Waals surface area (Å²) in [6.45, 7) is 0. The molecule has 0 saturated carbocycles. The molecule has 2 aromatic rings. The monoisotopic (exact) mass is 307 g/mol. The highest BCUT2D eigenvalue weighted by molar-refractivity contribution is 9.10. The molecule has 0 unspecified atom stereocenters. The quantitative estimate of drug-likeness (QED) is 0.815. The summed E-state index contributed by atoms with van der Waals surface area (Å²) in [5.41, 5.74) is 0. The second-order valence-corrected chi connectivity index (χ2v) is 4.68. The van der Waals surface area contributed by atoms with Crippen molar-refractivity contribution in [3.63, 3.8) is 0 Å². The van der Waals surface area contributed by atoms with Crippen molar-refractivity contribution in [2.45, 2.75) is 0 Å². The minimum absolute atomic E-state index is 0.327. The fourth-order valence-electron chi connectivity index (χ4n) is 0.938. The second kappa shape index (κ2) is 4.47. The van der Waals surface area contributed by atoms with Crippen LogP contribution in [0.3, 0.4) is 0 Å². The zero-order valence-electron chi connectivity index (χ0n) is 7.21. The summed E-state index contributed by atoms with van der Waals surface area (Å²) in [6, 6.07) is 4.16. The number of halogens is 3. The third kappa shape index (κ3) is 2.68. The minimum Gasteiger partial charge on any atom is -0.430 e. The van der Waals surface area contributed by atoms with Gasteiger partial charge in [-0.3, -0.25) is 0 Å². The molecule has 15 heavy (non-hydrogen) atoms. The topological polar surface area (TPSA) is 22.1 Å². The first-order valence-electron chi connectivity index (χ1n) is 3.89. The maximum absolute atomic E-state index is 12.8. The van der Waals surface area contributed by atoms with E-state index in [2.05, 4.69) is 20.9 Å². The SMILES string of the molecule is Fc1ccc(Oc2nc(Cl)cs2)c(Br)c1. The maximum atomic E-state index is 12.8. The summed E-state index contributed by atoms with van der Waals surface area (Å²) in [7, 11) is 0. The molecule has 1 aromatic carbocycles. The molecule has 0 aliphatic heterocycles. The summed E-state index contributed by atoms with van der Waals surface area (Å²) in [4.78, 5) is 3.92. The van der Waals surface area contributed by atoms with Crippen LogP contribution in [0.2, 0.25) is 5.15 Å². The van der Waals surface area contributed by atoms with Crippen molar-refractivity contribution in [1.82, 2.24) is 4.98 Å². The number of benzene rings is 1. The lowest BCUT2D eigenvalue weighted by atomic mass is 10.3. The van der Waals surface area contributed by atoms with Crippen molar-refractivity contribution in [2.24, 2.45) is 0 Å². The van der Waals surface area contributed by atoms with Crippen molar-refractivity contribution in [3.05, 3.63) is 39.0 Å². The molecule has 6 heteroatoms. The Bertz CT molecular complexity index is 491. The molecule has 0 aliphatic rings. The number of aromatic nitrogens is 1. The van der Waals surface area contributed by atoms with Gasteiger partial charge in [0.2, 0.25) is 0 Å². The molecule has 2 rings (SSSR count). The van der Waals surface area contributed by atoms with Crippen molar-refractivity contribution < 1.29 is 9.13 Å². The predicted octanol–water partition coefficient (Wildman–Crippen LogP) is 4.49. The number of rotatable bonds is 2. The third-order valence-corrected chi connectivity index (χ3v) is 3.21. The smallest absolute Gasteiger partial charge is 0.280 e. The first kappa shape index (κ1) is 10.9. The Kier molecular flexibility index (Phi) is 3.23. The van der Waals surface area contributed by atoms with Crippen LogP contribution in [-0.2, 0) is 0 Å². The summed E-state index contributed by atoms with van der Waals surface area (Å²) in [5.74, 6) is 0.175. The number of ether oxygens (including phenoxy) is 1. The molecule has 1 heterocycles. The normalized spacial score (nSPS) is 10.3. The van der Waals surface area contributed by atoms with Gasteiger partial charge >= 0.3 is 0 Å². The molecule has 0 N–H and O–H groups in total. The zero-order chi connectivity index (χ0) is 10.8. The highest BCUT2D eigenvalue weighted by Crippen LogP contribution is 2.32. The van der Waals surface area contributed by atoms with E-state index in [-0.39, 0.29) is 5.82 Å². The van der Waals surface area contributed by atoms with Crippen LogP contribution in [0, 0.1) is 5.82 Å². The molecule has 0 radical (unpaired) electrons. The Labute approximate surface area is 103 Å². The van der Waals surface area contributed by atoms with Gasteiger partial charge in [-0.05, 0) is 34.1 Å². The summed E-state index contributed by atoms with van der Waals surface area (Å²) < 4.78 is 18.7. The van der Waals surface area contributed by atoms with Crippen LogP contribution in [0.25, 0.3) is 0 Å². The van der Waals surface area contributed by atoms with Gasteiger partial charge in [-0.25, -0.2) is 4.39 Å². The van der Waals surface area contributed by atoms with Crippen LogP contribution < -0.4 is 4.74 Å². The predicted molar refractivity (Wildman–Crippen MR) is 61.3 cm³/mol. The largest absolute Gasteiger partial charge is 0.430 e. The highest BCUT2D eigenvalue weighted by Gasteiger charge is 2.06. The molecule has 0 fully saturated rings. The van der Waals surface area contributed by atoms with Gasteiger partial charge < -0.3 is 4.74 Å². The molecule has 0 amide bonds. The Morgan fingerprint density at radius 2 is 2.27 bits per heavy atom. The van der Waals surface area contributed by atoms with E-state index in [1.807, 2.05) is 0 Å². The fourth-order valence-corrected chi connectivity index (χ4v) is 2.17.